The summed E-state index contributed by atoms with van der Waals surface area (Å²) in [6.07, 6.45) is -4.65. The van der Waals surface area contributed by atoms with Gasteiger partial charge in [-0.25, -0.2) is 4.68 Å². The highest BCUT2D eigenvalue weighted by atomic mass is 35.5. The molecular formula is C21H17ClF3N3O3. The van der Waals surface area contributed by atoms with Crippen molar-refractivity contribution >= 4 is 23.2 Å². The predicted octanol–water partition coefficient (Wildman–Crippen LogP) is 4.78. The lowest BCUT2D eigenvalue weighted by molar-refractivity contribution is -0.137. The van der Waals surface area contributed by atoms with Crippen LogP contribution in [-0.2, 0) is 6.18 Å². The van der Waals surface area contributed by atoms with Gasteiger partial charge in [-0.05, 0) is 37.6 Å². The number of amides is 1. The molecule has 0 fully saturated rings. The number of aromatic nitrogens is 2. The molecule has 0 unspecified atom stereocenters. The van der Waals surface area contributed by atoms with Crippen molar-refractivity contribution in [2.75, 3.05) is 12.4 Å². The maximum Gasteiger partial charge on any atom is 0.418 e. The minimum Gasteiger partial charge on any atom is -0.495 e. The van der Waals surface area contributed by atoms with E-state index in [2.05, 4.69) is 10.4 Å². The normalized spacial score (nSPS) is 11.3. The maximum absolute atomic E-state index is 13.4. The summed E-state index contributed by atoms with van der Waals surface area (Å²) >= 11 is 6.05. The van der Waals surface area contributed by atoms with E-state index in [1.54, 1.807) is 13.0 Å². The maximum atomic E-state index is 13.4. The molecule has 0 bridgehead atoms. The van der Waals surface area contributed by atoms with Crippen LogP contribution in [0.4, 0.5) is 18.9 Å². The monoisotopic (exact) mass is 451 g/mol. The molecule has 10 heteroatoms. The van der Waals surface area contributed by atoms with Gasteiger partial charge in [0.2, 0.25) is 5.43 Å². The average Bonchev–Trinajstić information content (AvgIpc) is 2.70. The standard InChI is InChI=1S/C21H17ClF3N3O3/c1-11-8-15(18(31-3)10-14(11)22)26-20(30)19-17(29)9-12(2)28(27-19)16-7-5-4-6-13(16)21(23,24)25/h4-10H,1-3H3,(H,26,30). The van der Waals surface area contributed by atoms with Crippen LogP contribution < -0.4 is 15.5 Å². The van der Waals surface area contributed by atoms with Crippen LogP contribution in [0.3, 0.4) is 0 Å². The van der Waals surface area contributed by atoms with Crippen molar-refractivity contribution in [1.29, 1.82) is 0 Å². The molecule has 1 aromatic heterocycles. The van der Waals surface area contributed by atoms with E-state index in [1.165, 1.54) is 38.3 Å². The number of carbonyl (C=O) groups excluding carboxylic acids is 1. The fraction of sp³-hybridized carbons (Fsp3) is 0.190. The zero-order valence-corrected chi connectivity index (χ0v) is 17.4. The van der Waals surface area contributed by atoms with Crippen molar-refractivity contribution in [2.45, 2.75) is 20.0 Å². The Bertz CT molecular complexity index is 1220. The lowest BCUT2D eigenvalue weighted by Gasteiger charge is -2.17. The third-order valence-corrected chi connectivity index (χ3v) is 4.90. The highest BCUT2D eigenvalue weighted by molar-refractivity contribution is 6.31. The second-order valence-corrected chi connectivity index (χ2v) is 7.09. The van der Waals surface area contributed by atoms with Crippen LogP contribution in [0.5, 0.6) is 5.75 Å². The molecule has 0 aliphatic rings. The zero-order valence-electron chi connectivity index (χ0n) is 16.7. The second kappa shape index (κ2) is 8.43. The number of halogens is 4. The number of nitrogens with one attached hydrogen (secondary N) is 1. The Hall–Kier alpha value is -3.33. The van der Waals surface area contributed by atoms with Crippen LogP contribution in [-0.4, -0.2) is 22.8 Å². The van der Waals surface area contributed by atoms with E-state index < -0.39 is 28.8 Å². The van der Waals surface area contributed by atoms with Gasteiger partial charge in [0, 0.05) is 22.8 Å². The van der Waals surface area contributed by atoms with Gasteiger partial charge in [0.05, 0.1) is 24.0 Å². The Morgan fingerprint density at radius 1 is 1.16 bits per heavy atom. The first kappa shape index (κ1) is 22.4. The van der Waals surface area contributed by atoms with E-state index in [-0.39, 0.29) is 22.8 Å². The highest BCUT2D eigenvalue weighted by Gasteiger charge is 2.34. The number of aryl methyl sites for hydroxylation is 2. The average molecular weight is 452 g/mol. The highest BCUT2D eigenvalue weighted by Crippen LogP contribution is 2.34. The molecule has 0 radical (unpaired) electrons. The van der Waals surface area contributed by atoms with E-state index >= 15 is 0 Å². The molecule has 1 amide bonds. The molecule has 3 rings (SSSR count). The van der Waals surface area contributed by atoms with Crippen LogP contribution in [0.15, 0.2) is 47.3 Å². The summed E-state index contributed by atoms with van der Waals surface area (Å²) in [5, 5.41) is 6.85. The van der Waals surface area contributed by atoms with E-state index in [0.717, 1.165) is 16.8 Å². The first-order chi connectivity index (χ1) is 14.5. The van der Waals surface area contributed by atoms with Crippen LogP contribution in [0.25, 0.3) is 5.69 Å². The Morgan fingerprint density at radius 2 is 1.84 bits per heavy atom. The minimum absolute atomic E-state index is 0.137. The molecule has 1 heterocycles. The lowest BCUT2D eigenvalue weighted by Crippen LogP contribution is -2.27. The second-order valence-electron chi connectivity index (χ2n) is 6.68. The van der Waals surface area contributed by atoms with Crippen LogP contribution in [0, 0.1) is 13.8 Å². The number of rotatable bonds is 4. The number of hydrogen-bond acceptors (Lipinski definition) is 4. The molecule has 0 aliphatic heterocycles. The molecule has 1 N–H and O–H groups in total. The number of ether oxygens (including phenoxy) is 1. The van der Waals surface area contributed by atoms with Gasteiger partial charge in [0.15, 0.2) is 5.69 Å². The van der Waals surface area contributed by atoms with Gasteiger partial charge in [-0.15, -0.1) is 0 Å². The molecule has 0 atom stereocenters. The molecule has 6 nitrogen and oxygen atoms in total. The lowest BCUT2D eigenvalue weighted by atomic mass is 10.1. The van der Waals surface area contributed by atoms with E-state index in [0.29, 0.717) is 10.6 Å². The topological polar surface area (TPSA) is 73.2 Å². The van der Waals surface area contributed by atoms with Gasteiger partial charge in [0.25, 0.3) is 5.91 Å². The van der Waals surface area contributed by atoms with Gasteiger partial charge >= 0.3 is 6.18 Å². The number of methoxy groups -OCH3 is 1. The van der Waals surface area contributed by atoms with Gasteiger partial charge in [-0.1, -0.05) is 23.7 Å². The van der Waals surface area contributed by atoms with Crippen molar-refractivity contribution in [3.05, 3.63) is 80.2 Å². The summed E-state index contributed by atoms with van der Waals surface area (Å²) in [4.78, 5) is 25.2. The number of anilines is 1. The summed E-state index contributed by atoms with van der Waals surface area (Å²) in [6.45, 7) is 3.14. The summed E-state index contributed by atoms with van der Waals surface area (Å²) in [7, 11) is 1.38. The predicted molar refractivity (Wildman–Crippen MR) is 110 cm³/mol. The molecule has 0 spiro atoms. The van der Waals surface area contributed by atoms with Crippen molar-refractivity contribution in [1.82, 2.24) is 9.78 Å². The molecule has 162 valence electrons. The van der Waals surface area contributed by atoms with E-state index in [9.17, 15) is 22.8 Å². The number of para-hydroxylation sites is 1. The minimum atomic E-state index is -4.65. The summed E-state index contributed by atoms with van der Waals surface area (Å²) in [6, 6.07) is 8.85. The SMILES string of the molecule is COc1cc(Cl)c(C)cc1NC(=O)c1nn(-c2ccccc2C(F)(F)F)c(C)cc1=O. The summed E-state index contributed by atoms with van der Waals surface area (Å²) in [5.74, 6) is -0.651. The Kier molecular flexibility index (Phi) is 6.08. The number of benzene rings is 2. The quantitative estimate of drug-likeness (QED) is 0.619. The van der Waals surface area contributed by atoms with Gasteiger partial charge < -0.3 is 10.1 Å². The Balaban J connectivity index is 2.09. The molecule has 3 aromatic rings. The molecule has 31 heavy (non-hydrogen) atoms. The van der Waals surface area contributed by atoms with Crippen molar-refractivity contribution in [2.24, 2.45) is 0 Å². The number of hydrogen-bond donors (Lipinski definition) is 1. The zero-order chi connectivity index (χ0) is 22.9. The first-order valence-corrected chi connectivity index (χ1v) is 9.33. The largest absolute Gasteiger partial charge is 0.495 e. The third kappa shape index (κ3) is 4.56. The molecule has 2 aromatic carbocycles. The molecule has 0 saturated carbocycles. The van der Waals surface area contributed by atoms with Crippen molar-refractivity contribution < 1.29 is 22.7 Å². The van der Waals surface area contributed by atoms with Crippen LogP contribution in [0.1, 0.15) is 27.3 Å². The Labute approximate surface area is 180 Å². The van der Waals surface area contributed by atoms with Crippen molar-refractivity contribution in [3.63, 3.8) is 0 Å². The van der Waals surface area contributed by atoms with Gasteiger partial charge in [-0.3, -0.25) is 9.59 Å². The Morgan fingerprint density at radius 3 is 2.48 bits per heavy atom. The van der Waals surface area contributed by atoms with Crippen LogP contribution >= 0.6 is 11.6 Å². The molecule has 0 aliphatic carbocycles. The van der Waals surface area contributed by atoms with E-state index in [4.69, 9.17) is 16.3 Å². The fourth-order valence-electron chi connectivity index (χ4n) is 2.96. The van der Waals surface area contributed by atoms with E-state index in [1.807, 2.05) is 0 Å². The smallest absolute Gasteiger partial charge is 0.418 e. The number of carbonyl (C=O) groups is 1. The third-order valence-electron chi connectivity index (χ3n) is 4.49. The van der Waals surface area contributed by atoms with Crippen LogP contribution in [0.2, 0.25) is 5.02 Å². The molecule has 0 saturated heterocycles. The summed E-state index contributed by atoms with van der Waals surface area (Å²) in [5.41, 5.74) is -1.54. The van der Waals surface area contributed by atoms with Gasteiger partial charge in [0.1, 0.15) is 5.75 Å². The van der Waals surface area contributed by atoms with Crippen molar-refractivity contribution in [3.8, 4) is 11.4 Å². The van der Waals surface area contributed by atoms with Gasteiger partial charge in [-0.2, -0.15) is 18.3 Å². The number of alkyl halides is 3. The molecular weight excluding hydrogens is 435 g/mol. The fourth-order valence-corrected chi connectivity index (χ4v) is 3.11. The number of nitrogens with zero attached hydrogens (tertiary/aromatic N) is 2. The first-order valence-electron chi connectivity index (χ1n) is 8.96. The summed E-state index contributed by atoms with van der Waals surface area (Å²) < 4.78 is 46.4.